The van der Waals surface area contributed by atoms with Gasteiger partial charge in [-0.1, -0.05) is 77.9 Å². The monoisotopic (exact) mass is 524 g/mol. The number of phosphoric ester groups is 1. The highest BCUT2D eigenvalue weighted by molar-refractivity contribution is 7.60. The van der Waals surface area contributed by atoms with Gasteiger partial charge in [0.1, 0.15) is 0 Å². The SMILES string of the molecule is C/C(=C\COP(=O)(O)OP(=O)(O)O)CC/C=C(\C)COCc1ccc(C(=O)c2ccccc2)cc1. The fourth-order valence-electron chi connectivity index (χ4n) is 2.98. The molecule has 0 aromatic heterocycles. The molecule has 0 heterocycles. The van der Waals surface area contributed by atoms with E-state index in [1.165, 1.54) is 6.08 Å². The molecular formula is C24H30O9P2. The van der Waals surface area contributed by atoms with E-state index >= 15 is 0 Å². The minimum Gasteiger partial charge on any atom is -0.372 e. The van der Waals surface area contributed by atoms with Gasteiger partial charge < -0.3 is 19.4 Å². The van der Waals surface area contributed by atoms with E-state index in [9.17, 15) is 18.8 Å². The quantitative estimate of drug-likeness (QED) is 0.170. The van der Waals surface area contributed by atoms with Crippen LogP contribution in [0.1, 0.15) is 48.2 Å². The Hall–Kier alpha value is -2.19. The molecule has 0 saturated heterocycles. The molecule has 11 heteroatoms. The number of hydrogen-bond donors (Lipinski definition) is 3. The summed E-state index contributed by atoms with van der Waals surface area (Å²) in [5.74, 6) is -0.0207. The van der Waals surface area contributed by atoms with Crippen LogP contribution in [0.15, 0.2) is 77.9 Å². The molecule has 190 valence electrons. The molecule has 9 nitrogen and oxygen atoms in total. The molecule has 2 rings (SSSR count). The summed E-state index contributed by atoms with van der Waals surface area (Å²) in [5.41, 5.74) is 4.15. The van der Waals surface area contributed by atoms with Crippen LogP contribution in [0.3, 0.4) is 0 Å². The predicted octanol–water partition coefficient (Wildman–Crippen LogP) is 5.33. The molecule has 0 fully saturated rings. The molecule has 0 radical (unpaired) electrons. The highest BCUT2D eigenvalue weighted by atomic mass is 31.3. The predicted molar refractivity (Wildman–Crippen MR) is 132 cm³/mol. The molecule has 0 bridgehead atoms. The van der Waals surface area contributed by atoms with Crippen molar-refractivity contribution in [2.24, 2.45) is 0 Å². The van der Waals surface area contributed by atoms with Crippen LogP contribution in [0.4, 0.5) is 0 Å². The van der Waals surface area contributed by atoms with Gasteiger partial charge >= 0.3 is 15.6 Å². The molecule has 35 heavy (non-hydrogen) atoms. The summed E-state index contributed by atoms with van der Waals surface area (Å²) in [6.07, 6.45) is 4.93. The Balaban J connectivity index is 1.70. The zero-order valence-electron chi connectivity index (χ0n) is 19.6. The first kappa shape index (κ1) is 29.0. The third-order valence-electron chi connectivity index (χ3n) is 4.76. The Morgan fingerprint density at radius 2 is 1.51 bits per heavy atom. The Kier molecular flexibility index (Phi) is 11.4. The van der Waals surface area contributed by atoms with Crippen LogP contribution in [0.25, 0.3) is 0 Å². The third kappa shape index (κ3) is 11.9. The minimum absolute atomic E-state index is 0.0207. The molecule has 0 aliphatic carbocycles. The number of carbonyl (C=O) groups excluding carboxylic acids is 1. The van der Waals surface area contributed by atoms with Gasteiger partial charge in [-0.25, -0.2) is 9.13 Å². The largest absolute Gasteiger partial charge is 0.481 e. The average molecular weight is 524 g/mol. The molecule has 1 atom stereocenters. The van der Waals surface area contributed by atoms with Crippen molar-refractivity contribution in [3.05, 3.63) is 94.6 Å². The van der Waals surface area contributed by atoms with Gasteiger partial charge in [0.05, 0.1) is 19.8 Å². The van der Waals surface area contributed by atoms with Crippen molar-refractivity contribution in [3.63, 3.8) is 0 Å². The molecular weight excluding hydrogens is 494 g/mol. The number of ketones is 1. The maximum absolute atomic E-state index is 12.5. The number of phosphoric acid groups is 2. The van der Waals surface area contributed by atoms with Gasteiger partial charge in [0.25, 0.3) is 0 Å². The first-order valence-corrected chi connectivity index (χ1v) is 13.8. The fraction of sp³-hybridized carbons (Fsp3) is 0.292. The van der Waals surface area contributed by atoms with Gasteiger partial charge in [-0.05, 0) is 32.3 Å². The molecule has 2 aromatic rings. The molecule has 3 N–H and O–H groups in total. The highest BCUT2D eigenvalue weighted by Crippen LogP contribution is 2.57. The van der Waals surface area contributed by atoms with Crippen LogP contribution in [0.2, 0.25) is 0 Å². The topological polar surface area (TPSA) is 140 Å². The van der Waals surface area contributed by atoms with Crippen molar-refractivity contribution in [2.75, 3.05) is 13.2 Å². The average Bonchev–Trinajstić information content (AvgIpc) is 2.78. The molecule has 2 aromatic carbocycles. The van der Waals surface area contributed by atoms with E-state index in [1.807, 2.05) is 43.3 Å². The van der Waals surface area contributed by atoms with Crippen molar-refractivity contribution in [1.29, 1.82) is 0 Å². The zero-order valence-corrected chi connectivity index (χ0v) is 21.4. The lowest BCUT2D eigenvalue weighted by Gasteiger charge is -2.11. The van der Waals surface area contributed by atoms with E-state index in [-0.39, 0.29) is 12.4 Å². The normalized spacial score (nSPS) is 14.5. The van der Waals surface area contributed by atoms with E-state index in [1.54, 1.807) is 31.2 Å². The van der Waals surface area contributed by atoms with E-state index in [0.29, 0.717) is 37.2 Å². The van der Waals surface area contributed by atoms with Gasteiger partial charge in [0.15, 0.2) is 5.78 Å². The Morgan fingerprint density at radius 3 is 2.14 bits per heavy atom. The Morgan fingerprint density at radius 1 is 0.886 bits per heavy atom. The number of benzene rings is 2. The summed E-state index contributed by atoms with van der Waals surface area (Å²) in [6.45, 7) is 4.30. The van der Waals surface area contributed by atoms with E-state index in [0.717, 1.165) is 16.7 Å². The summed E-state index contributed by atoms with van der Waals surface area (Å²) in [5, 5.41) is 0. The molecule has 0 amide bonds. The van der Waals surface area contributed by atoms with Gasteiger partial charge in [-0.3, -0.25) is 9.32 Å². The van der Waals surface area contributed by atoms with Gasteiger partial charge in [0.2, 0.25) is 0 Å². The van der Waals surface area contributed by atoms with Crippen LogP contribution in [0.5, 0.6) is 0 Å². The standard InChI is InChI=1S/C24H30O9P2/c1-19(15-16-32-35(29,30)33-34(26,27)28)7-6-8-20(2)17-31-18-21-11-13-23(14-12-21)24(25)22-9-4-3-5-10-22/h3-5,8-15H,6-7,16-18H2,1-2H3,(H,29,30)(H2,26,27,28)/b19-15+,20-8+. The fourth-order valence-corrected chi connectivity index (χ4v) is 4.50. The van der Waals surface area contributed by atoms with Crippen LogP contribution < -0.4 is 0 Å². The minimum atomic E-state index is -5.12. The first-order chi connectivity index (χ1) is 16.5. The number of hydrogen-bond acceptors (Lipinski definition) is 6. The highest BCUT2D eigenvalue weighted by Gasteiger charge is 2.31. The van der Waals surface area contributed by atoms with Gasteiger partial charge in [-0.2, -0.15) is 4.31 Å². The Bertz CT molecular complexity index is 1120. The molecule has 1 unspecified atom stereocenters. The van der Waals surface area contributed by atoms with Crippen LogP contribution >= 0.6 is 15.6 Å². The van der Waals surface area contributed by atoms with Gasteiger partial charge in [0, 0.05) is 11.1 Å². The van der Waals surface area contributed by atoms with Crippen LogP contribution in [0, 0.1) is 0 Å². The zero-order chi connectivity index (χ0) is 25.9. The van der Waals surface area contributed by atoms with Crippen molar-refractivity contribution >= 4 is 21.4 Å². The summed E-state index contributed by atoms with van der Waals surface area (Å²) >= 11 is 0. The van der Waals surface area contributed by atoms with Crippen molar-refractivity contribution in [1.82, 2.24) is 0 Å². The lowest BCUT2D eigenvalue weighted by Crippen LogP contribution is -2.02. The number of carbonyl (C=O) groups is 1. The van der Waals surface area contributed by atoms with E-state index in [2.05, 4.69) is 8.83 Å². The second-order valence-electron chi connectivity index (χ2n) is 7.86. The molecule has 0 aliphatic rings. The number of ether oxygens (including phenoxy) is 1. The third-order valence-corrected chi connectivity index (χ3v) is 6.91. The van der Waals surface area contributed by atoms with Crippen LogP contribution in [-0.4, -0.2) is 33.7 Å². The van der Waals surface area contributed by atoms with Crippen molar-refractivity contribution < 1.29 is 42.2 Å². The van der Waals surface area contributed by atoms with E-state index < -0.39 is 15.6 Å². The summed E-state index contributed by atoms with van der Waals surface area (Å²) in [6, 6.07) is 16.5. The second kappa shape index (κ2) is 13.8. The van der Waals surface area contributed by atoms with Gasteiger partial charge in [-0.15, -0.1) is 0 Å². The molecule has 0 aliphatic heterocycles. The lowest BCUT2D eigenvalue weighted by molar-refractivity contribution is 0.103. The van der Waals surface area contributed by atoms with Crippen molar-refractivity contribution in [3.8, 4) is 0 Å². The smallest absolute Gasteiger partial charge is 0.372 e. The molecule has 0 spiro atoms. The maximum Gasteiger partial charge on any atom is 0.481 e. The second-order valence-corrected chi connectivity index (χ2v) is 10.7. The van der Waals surface area contributed by atoms with Crippen molar-refractivity contribution in [2.45, 2.75) is 33.3 Å². The number of allylic oxidation sites excluding steroid dienone is 2. The summed E-state index contributed by atoms with van der Waals surface area (Å²) in [4.78, 5) is 38.8. The summed E-state index contributed by atoms with van der Waals surface area (Å²) in [7, 11) is -9.94. The first-order valence-electron chi connectivity index (χ1n) is 10.8. The van der Waals surface area contributed by atoms with Crippen LogP contribution in [-0.2, 0) is 29.3 Å². The maximum atomic E-state index is 12.5. The summed E-state index contributed by atoms with van der Waals surface area (Å²) < 4.78 is 35.9. The lowest BCUT2D eigenvalue weighted by atomic mass is 10.0. The number of rotatable bonds is 14. The van der Waals surface area contributed by atoms with E-state index in [4.69, 9.17) is 14.5 Å². The molecule has 0 saturated carbocycles. The Labute approximate surface area is 204 Å².